The number of carbonyl (C=O) groups is 2. The van der Waals surface area contributed by atoms with Gasteiger partial charge in [0, 0.05) is 23.3 Å². The topological polar surface area (TPSA) is 77.3 Å². The lowest BCUT2D eigenvalue weighted by Crippen LogP contribution is -2.11. The van der Waals surface area contributed by atoms with Crippen LogP contribution in [0.5, 0.6) is 0 Å². The number of nitro groups is 1. The fourth-order valence-corrected chi connectivity index (χ4v) is 1.57. The van der Waals surface area contributed by atoms with Gasteiger partial charge < -0.3 is 0 Å². The van der Waals surface area contributed by atoms with Crippen LogP contribution in [0.15, 0.2) is 54.6 Å². The van der Waals surface area contributed by atoms with Crippen LogP contribution in [-0.2, 0) is 4.79 Å². The lowest BCUT2D eigenvalue weighted by molar-refractivity contribution is -0.384. The number of ketones is 2. The van der Waals surface area contributed by atoms with Gasteiger partial charge in [0.15, 0.2) is 0 Å². The summed E-state index contributed by atoms with van der Waals surface area (Å²) in [7, 11) is 0. The highest BCUT2D eigenvalue weighted by Crippen LogP contribution is 2.12. The van der Waals surface area contributed by atoms with Crippen molar-refractivity contribution in [3.63, 3.8) is 0 Å². The highest BCUT2D eigenvalue weighted by atomic mass is 16.6. The molecule has 0 N–H and O–H groups in total. The summed E-state index contributed by atoms with van der Waals surface area (Å²) < 4.78 is 0. The van der Waals surface area contributed by atoms with Gasteiger partial charge >= 0.3 is 0 Å². The van der Waals surface area contributed by atoms with Gasteiger partial charge in [-0.15, -0.1) is 0 Å². The first-order valence-corrected chi connectivity index (χ1v) is 5.98. The monoisotopic (exact) mass is 279 g/mol. The number of benzene rings is 2. The Morgan fingerprint density at radius 1 is 0.952 bits per heavy atom. The second-order valence-corrected chi connectivity index (χ2v) is 4.08. The van der Waals surface area contributed by atoms with Gasteiger partial charge in [-0.2, -0.15) is 0 Å². The Hall–Kier alpha value is -3.26. The van der Waals surface area contributed by atoms with E-state index in [1.807, 2.05) is 6.07 Å². The molecule has 0 radical (unpaired) electrons. The molecule has 0 aliphatic heterocycles. The summed E-state index contributed by atoms with van der Waals surface area (Å²) >= 11 is 0. The van der Waals surface area contributed by atoms with Crippen molar-refractivity contribution in [1.82, 2.24) is 0 Å². The molecule has 2 rings (SSSR count). The standard InChI is InChI=1S/C16H9NO4/c18-15(11-6-12-4-2-1-3-5-12)16(19)13-7-9-14(10-8-13)17(20)21/h1-5,7-10H. The van der Waals surface area contributed by atoms with E-state index in [0.29, 0.717) is 5.56 Å². The van der Waals surface area contributed by atoms with Crippen molar-refractivity contribution in [2.75, 3.05) is 0 Å². The van der Waals surface area contributed by atoms with Crippen LogP contribution in [-0.4, -0.2) is 16.5 Å². The van der Waals surface area contributed by atoms with Crippen LogP contribution in [0.4, 0.5) is 5.69 Å². The number of non-ortho nitro benzene ring substituents is 1. The van der Waals surface area contributed by atoms with E-state index in [1.165, 1.54) is 24.3 Å². The van der Waals surface area contributed by atoms with Crippen molar-refractivity contribution in [2.24, 2.45) is 0 Å². The summed E-state index contributed by atoms with van der Waals surface area (Å²) in [6.45, 7) is 0. The van der Waals surface area contributed by atoms with Gasteiger partial charge in [0.1, 0.15) is 0 Å². The summed E-state index contributed by atoms with van der Waals surface area (Å²) in [5.41, 5.74) is 0.560. The van der Waals surface area contributed by atoms with Crippen LogP contribution in [0.25, 0.3) is 0 Å². The summed E-state index contributed by atoms with van der Waals surface area (Å²) in [4.78, 5) is 33.4. The highest BCUT2D eigenvalue weighted by Gasteiger charge is 2.15. The fourth-order valence-electron chi connectivity index (χ4n) is 1.57. The Kier molecular flexibility index (Phi) is 4.22. The molecular weight excluding hydrogens is 270 g/mol. The molecule has 0 atom stereocenters. The zero-order valence-corrected chi connectivity index (χ0v) is 10.8. The number of Topliss-reactive ketones (excluding diaryl/α,β-unsaturated/α-hetero) is 2. The third kappa shape index (κ3) is 3.61. The number of nitro benzene ring substituents is 1. The van der Waals surface area contributed by atoms with Crippen molar-refractivity contribution < 1.29 is 14.5 Å². The van der Waals surface area contributed by atoms with E-state index in [9.17, 15) is 19.7 Å². The Morgan fingerprint density at radius 2 is 1.57 bits per heavy atom. The van der Waals surface area contributed by atoms with Crippen LogP contribution in [0.2, 0.25) is 0 Å². The van der Waals surface area contributed by atoms with E-state index in [2.05, 4.69) is 11.8 Å². The molecule has 0 amide bonds. The van der Waals surface area contributed by atoms with Gasteiger partial charge in [-0.3, -0.25) is 19.7 Å². The third-order valence-corrected chi connectivity index (χ3v) is 2.64. The molecule has 21 heavy (non-hydrogen) atoms. The molecule has 102 valence electrons. The highest BCUT2D eigenvalue weighted by molar-refractivity contribution is 6.49. The molecule has 0 saturated heterocycles. The predicted molar refractivity (Wildman–Crippen MR) is 75.8 cm³/mol. The van der Waals surface area contributed by atoms with E-state index < -0.39 is 16.5 Å². The van der Waals surface area contributed by atoms with Crippen LogP contribution in [0.3, 0.4) is 0 Å². The number of rotatable bonds is 3. The summed E-state index contributed by atoms with van der Waals surface area (Å²) in [6.07, 6.45) is 0. The quantitative estimate of drug-likeness (QED) is 0.284. The molecular formula is C16H9NO4. The van der Waals surface area contributed by atoms with Crippen molar-refractivity contribution >= 4 is 17.3 Å². The maximum atomic E-state index is 11.8. The SMILES string of the molecule is O=C(C#Cc1ccccc1)C(=O)c1ccc([N+](=O)[O-])cc1. The maximum Gasteiger partial charge on any atom is 0.276 e. The first-order valence-electron chi connectivity index (χ1n) is 5.98. The Labute approximate surface area is 120 Å². The van der Waals surface area contributed by atoms with Crippen molar-refractivity contribution in [3.05, 3.63) is 75.8 Å². The second kappa shape index (κ2) is 6.26. The molecule has 2 aromatic rings. The van der Waals surface area contributed by atoms with Crippen LogP contribution < -0.4 is 0 Å². The van der Waals surface area contributed by atoms with Gasteiger partial charge in [-0.25, -0.2) is 0 Å². The van der Waals surface area contributed by atoms with Crippen LogP contribution in [0, 0.1) is 22.0 Å². The lowest BCUT2D eigenvalue weighted by atomic mass is 10.1. The van der Waals surface area contributed by atoms with Crippen molar-refractivity contribution in [3.8, 4) is 11.8 Å². The lowest BCUT2D eigenvalue weighted by Gasteiger charge is -1.95. The summed E-state index contributed by atoms with van der Waals surface area (Å²) in [6, 6.07) is 13.6. The minimum absolute atomic E-state index is 0.0768. The molecule has 0 unspecified atom stereocenters. The number of hydrogen-bond donors (Lipinski definition) is 0. The minimum atomic E-state index is -0.854. The average molecular weight is 279 g/mol. The van der Waals surface area contributed by atoms with Gasteiger partial charge in [-0.1, -0.05) is 24.1 Å². The zero-order valence-electron chi connectivity index (χ0n) is 10.8. The molecule has 0 aliphatic rings. The summed E-state index contributed by atoms with van der Waals surface area (Å²) in [5, 5.41) is 10.5. The molecule has 2 aromatic carbocycles. The Balaban J connectivity index is 2.15. The molecule has 0 aliphatic carbocycles. The normalized spacial score (nSPS) is 9.33. The second-order valence-electron chi connectivity index (χ2n) is 4.08. The average Bonchev–Trinajstić information content (AvgIpc) is 2.53. The number of nitrogens with zero attached hydrogens (tertiary/aromatic N) is 1. The first-order chi connectivity index (χ1) is 10.1. The van der Waals surface area contributed by atoms with Gasteiger partial charge in [0.05, 0.1) is 4.92 Å². The van der Waals surface area contributed by atoms with E-state index in [4.69, 9.17) is 0 Å². The molecule has 0 fully saturated rings. The predicted octanol–water partition coefficient (Wildman–Crippen LogP) is 2.40. The fraction of sp³-hybridized carbons (Fsp3) is 0. The molecule has 0 spiro atoms. The molecule has 5 nitrogen and oxygen atoms in total. The Bertz CT molecular complexity index is 752. The van der Waals surface area contributed by atoms with E-state index >= 15 is 0 Å². The summed E-state index contributed by atoms with van der Waals surface area (Å²) in [5.74, 6) is 3.22. The first kappa shape index (κ1) is 14.2. The van der Waals surface area contributed by atoms with Crippen LogP contribution in [0.1, 0.15) is 15.9 Å². The van der Waals surface area contributed by atoms with Crippen LogP contribution >= 0.6 is 0 Å². The van der Waals surface area contributed by atoms with E-state index in [-0.39, 0.29) is 11.3 Å². The molecule has 0 bridgehead atoms. The third-order valence-electron chi connectivity index (χ3n) is 2.64. The van der Waals surface area contributed by atoms with Crippen molar-refractivity contribution in [1.29, 1.82) is 0 Å². The van der Waals surface area contributed by atoms with Crippen molar-refractivity contribution in [2.45, 2.75) is 0 Å². The molecule has 0 aromatic heterocycles. The van der Waals surface area contributed by atoms with E-state index in [0.717, 1.165) is 0 Å². The van der Waals surface area contributed by atoms with Gasteiger partial charge in [-0.05, 0) is 30.2 Å². The molecule has 0 heterocycles. The van der Waals surface area contributed by atoms with Gasteiger partial charge in [0.2, 0.25) is 5.78 Å². The molecule has 5 heteroatoms. The Morgan fingerprint density at radius 3 is 2.14 bits per heavy atom. The van der Waals surface area contributed by atoms with E-state index in [1.54, 1.807) is 24.3 Å². The zero-order chi connectivity index (χ0) is 15.2. The number of hydrogen-bond acceptors (Lipinski definition) is 4. The van der Waals surface area contributed by atoms with Gasteiger partial charge in [0.25, 0.3) is 11.5 Å². The largest absolute Gasteiger partial charge is 0.284 e. The number of carbonyl (C=O) groups excluding carboxylic acids is 2. The molecule has 0 saturated carbocycles. The smallest absolute Gasteiger partial charge is 0.276 e. The maximum absolute atomic E-state index is 11.8. The minimum Gasteiger partial charge on any atom is -0.284 e.